The third-order valence-corrected chi connectivity index (χ3v) is 3.58. The predicted molar refractivity (Wildman–Crippen MR) is 67.2 cm³/mol. The second-order valence-corrected chi connectivity index (χ2v) is 5.07. The van der Waals surface area contributed by atoms with Crippen molar-refractivity contribution in [2.75, 3.05) is 18.4 Å². The molecule has 122 valence electrons. The Morgan fingerprint density at radius 2 is 1.82 bits per heavy atom. The van der Waals surface area contributed by atoms with Gasteiger partial charge in [-0.1, -0.05) is 0 Å². The van der Waals surface area contributed by atoms with Gasteiger partial charge in [0.05, 0.1) is 5.69 Å². The number of alkyl halides is 3. The van der Waals surface area contributed by atoms with Gasteiger partial charge in [-0.3, -0.25) is 0 Å². The van der Waals surface area contributed by atoms with Crippen molar-refractivity contribution in [2.24, 2.45) is 0 Å². The SMILES string of the molecule is O=C(Nc1cc(F)ccc1F)N1CCC(O)(C(F)(F)F)CC1. The Morgan fingerprint density at radius 1 is 1.23 bits per heavy atom. The van der Waals surface area contributed by atoms with Gasteiger partial charge < -0.3 is 15.3 Å². The molecule has 1 aliphatic rings. The van der Waals surface area contributed by atoms with E-state index in [1.54, 1.807) is 0 Å². The summed E-state index contributed by atoms with van der Waals surface area (Å²) in [6.45, 7) is -0.697. The number of urea groups is 1. The maximum absolute atomic E-state index is 13.4. The monoisotopic (exact) mass is 324 g/mol. The molecule has 1 heterocycles. The molecule has 2 amide bonds. The Hall–Kier alpha value is -1.90. The molecule has 1 fully saturated rings. The second-order valence-electron chi connectivity index (χ2n) is 5.07. The minimum absolute atomic E-state index is 0.348. The predicted octanol–water partition coefficient (Wildman–Crippen LogP) is 2.89. The molecule has 2 rings (SSSR count). The van der Waals surface area contributed by atoms with E-state index < -0.39 is 48.0 Å². The zero-order valence-electron chi connectivity index (χ0n) is 11.3. The molecular weight excluding hydrogens is 311 g/mol. The second kappa shape index (κ2) is 5.71. The van der Waals surface area contributed by atoms with Crippen LogP contribution in [0.15, 0.2) is 18.2 Å². The Bertz CT molecular complexity index is 568. The normalized spacial score (nSPS) is 18.2. The highest BCUT2D eigenvalue weighted by Gasteiger charge is 2.54. The van der Waals surface area contributed by atoms with Gasteiger partial charge in [-0.05, 0) is 12.1 Å². The number of anilines is 1. The molecule has 22 heavy (non-hydrogen) atoms. The first kappa shape index (κ1) is 16.5. The Morgan fingerprint density at radius 3 is 2.36 bits per heavy atom. The topological polar surface area (TPSA) is 52.6 Å². The zero-order valence-corrected chi connectivity index (χ0v) is 11.3. The van der Waals surface area contributed by atoms with Crippen LogP contribution in [0.4, 0.5) is 32.4 Å². The molecule has 0 bridgehead atoms. The maximum atomic E-state index is 13.4. The Labute approximate surface area is 122 Å². The lowest BCUT2D eigenvalue weighted by Crippen LogP contribution is -2.55. The van der Waals surface area contributed by atoms with Gasteiger partial charge in [0, 0.05) is 32.0 Å². The van der Waals surface area contributed by atoms with Crippen LogP contribution in [-0.2, 0) is 0 Å². The first-order valence-electron chi connectivity index (χ1n) is 6.42. The summed E-state index contributed by atoms with van der Waals surface area (Å²) in [5.41, 5.74) is -3.23. The average Bonchev–Trinajstić information content (AvgIpc) is 2.42. The summed E-state index contributed by atoms with van der Waals surface area (Å²) in [4.78, 5) is 12.9. The molecule has 0 atom stereocenters. The van der Waals surface area contributed by atoms with Crippen LogP contribution in [0.2, 0.25) is 0 Å². The van der Waals surface area contributed by atoms with Crippen molar-refractivity contribution in [1.29, 1.82) is 0 Å². The minimum Gasteiger partial charge on any atom is -0.380 e. The molecule has 1 aromatic carbocycles. The van der Waals surface area contributed by atoms with Crippen LogP contribution in [-0.4, -0.2) is 40.9 Å². The van der Waals surface area contributed by atoms with E-state index in [-0.39, 0.29) is 13.1 Å². The summed E-state index contributed by atoms with van der Waals surface area (Å²) in [5.74, 6) is -1.62. The van der Waals surface area contributed by atoms with Crippen molar-refractivity contribution in [1.82, 2.24) is 4.90 Å². The third-order valence-electron chi connectivity index (χ3n) is 3.58. The Kier molecular flexibility index (Phi) is 4.28. The average molecular weight is 324 g/mol. The molecule has 0 spiro atoms. The number of nitrogens with zero attached hydrogens (tertiary/aromatic N) is 1. The molecule has 0 aliphatic carbocycles. The van der Waals surface area contributed by atoms with E-state index in [4.69, 9.17) is 0 Å². The highest BCUT2D eigenvalue weighted by atomic mass is 19.4. The quantitative estimate of drug-likeness (QED) is 0.781. The first-order chi connectivity index (χ1) is 10.1. The number of carbonyl (C=O) groups excluding carboxylic acids is 1. The van der Waals surface area contributed by atoms with Gasteiger partial charge in [-0.15, -0.1) is 0 Å². The molecular formula is C13H13F5N2O2. The fraction of sp³-hybridized carbons (Fsp3) is 0.462. The number of rotatable bonds is 1. The summed E-state index contributed by atoms with van der Waals surface area (Å²) in [6.07, 6.45) is -6.12. The van der Waals surface area contributed by atoms with Crippen LogP contribution in [0, 0.1) is 11.6 Å². The highest BCUT2D eigenvalue weighted by Crippen LogP contribution is 2.38. The van der Waals surface area contributed by atoms with Crippen LogP contribution >= 0.6 is 0 Å². The van der Waals surface area contributed by atoms with Crippen molar-refractivity contribution < 1.29 is 31.9 Å². The van der Waals surface area contributed by atoms with Gasteiger partial charge in [0.25, 0.3) is 0 Å². The molecule has 1 aromatic rings. The molecule has 9 heteroatoms. The van der Waals surface area contributed by atoms with Crippen molar-refractivity contribution in [3.8, 4) is 0 Å². The van der Waals surface area contributed by atoms with Crippen molar-refractivity contribution in [3.63, 3.8) is 0 Å². The highest BCUT2D eigenvalue weighted by molar-refractivity contribution is 5.89. The number of benzene rings is 1. The summed E-state index contributed by atoms with van der Waals surface area (Å²) >= 11 is 0. The number of likely N-dealkylation sites (tertiary alicyclic amines) is 1. The first-order valence-corrected chi connectivity index (χ1v) is 6.42. The van der Waals surface area contributed by atoms with E-state index in [1.807, 2.05) is 0 Å². The molecule has 0 unspecified atom stereocenters. The van der Waals surface area contributed by atoms with E-state index in [0.717, 1.165) is 23.1 Å². The van der Waals surface area contributed by atoms with Crippen LogP contribution in [0.3, 0.4) is 0 Å². The number of carbonyl (C=O) groups is 1. The third kappa shape index (κ3) is 3.29. The van der Waals surface area contributed by atoms with Gasteiger partial charge in [0.1, 0.15) is 11.6 Å². The van der Waals surface area contributed by atoms with E-state index >= 15 is 0 Å². The van der Waals surface area contributed by atoms with Gasteiger partial charge in [-0.2, -0.15) is 13.2 Å². The van der Waals surface area contributed by atoms with Gasteiger partial charge in [-0.25, -0.2) is 13.6 Å². The van der Waals surface area contributed by atoms with E-state index in [0.29, 0.717) is 0 Å². The van der Waals surface area contributed by atoms with E-state index in [9.17, 15) is 31.9 Å². The van der Waals surface area contributed by atoms with E-state index in [2.05, 4.69) is 5.32 Å². The number of nitrogens with one attached hydrogen (secondary N) is 1. The standard InChI is InChI=1S/C13H13F5N2O2/c14-8-1-2-9(15)10(7-8)19-11(21)20-5-3-12(22,4-6-20)13(16,17)18/h1-2,7,22H,3-6H2,(H,19,21). The van der Waals surface area contributed by atoms with Gasteiger partial charge >= 0.3 is 12.2 Å². The zero-order chi connectivity index (χ0) is 16.5. The number of piperidine rings is 1. The number of amides is 2. The van der Waals surface area contributed by atoms with Gasteiger partial charge in [0.2, 0.25) is 0 Å². The molecule has 1 saturated heterocycles. The summed E-state index contributed by atoms with van der Waals surface area (Å²) in [5, 5.41) is 11.6. The van der Waals surface area contributed by atoms with Crippen molar-refractivity contribution >= 4 is 11.7 Å². The van der Waals surface area contributed by atoms with Crippen molar-refractivity contribution in [3.05, 3.63) is 29.8 Å². The summed E-state index contributed by atoms with van der Waals surface area (Å²) < 4.78 is 64.3. The van der Waals surface area contributed by atoms with E-state index in [1.165, 1.54) is 0 Å². The smallest absolute Gasteiger partial charge is 0.380 e. The Balaban J connectivity index is 2.00. The lowest BCUT2D eigenvalue weighted by Gasteiger charge is -2.38. The number of aliphatic hydroxyl groups is 1. The number of hydrogen-bond acceptors (Lipinski definition) is 2. The molecule has 1 aliphatic heterocycles. The lowest BCUT2D eigenvalue weighted by atomic mass is 9.91. The van der Waals surface area contributed by atoms with Crippen LogP contribution in [0.1, 0.15) is 12.8 Å². The van der Waals surface area contributed by atoms with Crippen molar-refractivity contribution in [2.45, 2.75) is 24.6 Å². The largest absolute Gasteiger partial charge is 0.417 e. The molecule has 0 aromatic heterocycles. The minimum atomic E-state index is -4.77. The van der Waals surface area contributed by atoms with Crippen LogP contribution in [0.5, 0.6) is 0 Å². The number of hydrogen-bond donors (Lipinski definition) is 2. The van der Waals surface area contributed by atoms with Gasteiger partial charge in [0.15, 0.2) is 5.60 Å². The fourth-order valence-corrected chi connectivity index (χ4v) is 2.15. The molecule has 0 radical (unpaired) electrons. The van der Waals surface area contributed by atoms with Crippen LogP contribution in [0.25, 0.3) is 0 Å². The summed E-state index contributed by atoms with van der Waals surface area (Å²) in [7, 11) is 0. The van der Waals surface area contributed by atoms with Crippen LogP contribution < -0.4 is 5.32 Å². The number of halogens is 5. The molecule has 2 N–H and O–H groups in total. The summed E-state index contributed by atoms with van der Waals surface area (Å²) in [6, 6.07) is 1.61. The molecule has 0 saturated carbocycles. The maximum Gasteiger partial charge on any atom is 0.417 e. The molecule has 4 nitrogen and oxygen atoms in total. The fourth-order valence-electron chi connectivity index (χ4n) is 2.15. The lowest BCUT2D eigenvalue weighted by molar-refractivity contribution is -0.271.